The first kappa shape index (κ1) is 23.8. The standard InChI is InChI=1S/C25H28FN5O2S/c1-18(29-25(33)24(32)28-17-19-6-4-10-27-16-19)23(22-9-5-15-34-22)31-13-11-30(12-14-31)21-8-3-2-7-20(21)26/h2-10,15-16,18,23H,11-14,17H2,1H3,(H,28,32)(H,29,33). The third kappa shape index (κ3) is 5.78. The van der Waals surface area contributed by atoms with E-state index in [4.69, 9.17) is 0 Å². The Kier molecular flexibility index (Phi) is 7.87. The van der Waals surface area contributed by atoms with Crippen molar-refractivity contribution in [1.82, 2.24) is 20.5 Å². The Bertz CT molecular complexity index is 1090. The lowest BCUT2D eigenvalue weighted by Crippen LogP contribution is -2.53. The van der Waals surface area contributed by atoms with Gasteiger partial charge in [-0.2, -0.15) is 0 Å². The quantitative estimate of drug-likeness (QED) is 0.508. The summed E-state index contributed by atoms with van der Waals surface area (Å²) in [6.45, 7) is 4.93. The zero-order valence-corrected chi connectivity index (χ0v) is 19.8. The van der Waals surface area contributed by atoms with Gasteiger partial charge in [0, 0.05) is 56.0 Å². The van der Waals surface area contributed by atoms with E-state index in [1.807, 2.05) is 41.5 Å². The van der Waals surface area contributed by atoms with E-state index in [0.29, 0.717) is 31.9 Å². The molecule has 1 fully saturated rings. The summed E-state index contributed by atoms with van der Waals surface area (Å²) in [7, 11) is 0. The van der Waals surface area contributed by atoms with Gasteiger partial charge in [0.15, 0.2) is 0 Å². The van der Waals surface area contributed by atoms with Gasteiger partial charge in [0.05, 0.1) is 11.7 Å². The van der Waals surface area contributed by atoms with Gasteiger partial charge in [-0.05, 0) is 42.1 Å². The molecule has 1 aliphatic heterocycles. The fourth-order valence-electron chi connectivity index (χ4n) is 4.27. The van der Waals surface area contributed by atoms with Crippen LogP contribution in [0.1, 0.15) is 23.4 Å². The highest BCUT2D eigenvalue weighted by Crippen LogP contribution is 2.30. The van der Waals surface area contributed by atoms with Crippen LogP contribution in [0.3, 0.4) is 0 Å². The summed E-state index contributed by atoms with van der Waals surface area (Å²) in [6, 6.07) is 14.1. The maximum absolute atomic E-state index is 14.2. The number of nitrogens with one attached hydrogen (secondary N) is 2. The molecule has 3 aromatic rings. The van der Waals surface area contributed by atoms with Gasteiger partial charge in [-0.3, -0.25) is 19.5 Å². The molecule has 4 rings (SSSR count). The molecule has 34 heavy (non-hydrogen) atoms. The van der Waals surface area contributed by atoms with Gasteiger partial charge in [-0.1, -0.05) is 24.3 Å². The molecule has 0 spiro atoms. The van der Waals surface area contributed by atoms with E-state index in [-0.39, 0.29) is 24.4 Å². The third-order valence-corrected chi connectivity index (χ3v) is 6.89. The lowest BCUT2D eigenvalue weighted by atomic mass is 10.0. The Balaban J connectivity index is 1.38. The highest BCUT2D eigenvalue weighted by Gasteiger charge is 2.32. The molecule has 2 atom stereocenters. The number of rotatable bonds is 7. The van der Waals surface area contributed by atoms with Crippen molar-refractivity contribution in [2.45, 2.75) is 25.6 Å². The Morgan fingerprint density at radius 1 is 1.06 bits per heavy atom. The molecular weight excluding hydrogens is 453 g/mol. The Morgan fingerprint density at radius 2 is 1.85 bits per heavy atom. The molecule has 0 radical (unpaired) electrons. The maximum Gasteiger partial charge on any atom is 0.309 e. The molecule has 7 nitrogen and oxygen atoms in total. The number of benzene rings is 1. The molecular formula is C25H28FN5O2S. The zero-order chi connectivity index (χ0) is 23.9. The van der Waals surface area contributed by atoms with E-state index in [2.05, 4.69) is 20.5 Å². The van der Waals surface area contributed by atoms with Crippen LogP contribution in [-0.4, -0.2) is 53.9 Å². The number of carbonyl (C=O) groups is 2. The van der Waals surface area contributed by atoms with E-state index < -0.39 is 11.8 Å². The second kappa shape index (κ2) is 11.2. The van der Waals surface area contributed by atoms with Gasteiger partial charge >= 0.3 is 11.8 Å². The number of thiophene rings is 1. The molecule has 2 amide bonds. The zero-order valence-electron chi connectivity index (χ0n) is 19.0. The van der Waals surface area contributed by atoms with Crippen molar-refractivity contribution in [3.05, 3.63) is 82.6 Å². The summed E-state index contributed by atoms with van der Waals surface area (Å²) in [5, 5.41) is 7.53. The smallest absolute Gasteiger partial charge is 0.309 e. The van der Waals surface area contributed by atoms with E-state index in [1.165, 1.54) is 6.07 Å². The van der Waals surface area contributed by atoms with Gasteiger partial charge in [-0.25, -0.2) is 4.39 Å². The molecule has 0 aliphatic carbocycles. The number of carbonyl (C=O) groups excluding carboxylic acids is 2. The number of pyridine rings is 1. The Hall–Kier alpha value is -3.30. The predicted molar refractivity (Wildman–Crippen MR) is 131 cm³/mol. The van der Waals surface area contributed by atoms with Crippen LogP contribution in [0.2, 0.25) is 0 Å². The molecule has 9 heteroatoms. The number of nitrogens with zero attached hydrogens (tertiary/aromatic N) is 3. The lowest BCUT2D eigenvalue weighted by Gasteiger charge is -2.42. The second-order valence-electron chi connectivity index (χ2n) is 8.24. The van der Waals surface area contributed by atoms with Crippen LogP contribution in [0.15, 0.2) is 66.3 Å². The van der Waals surface area contributed by atoms with Crippen molar-refractivity contribution in [3.63, 3.8) is 0 Å². The summed E-state index contributed by atoms with van der Waals surface area (Å²) >= 11 is 1.62. The fraction of sp³-hybridized carbons (Fsp3) is 0.320. The number of amides is 2. The molecule has 1 aliphatic rings. The van der Waals surface area contributed by atoms with E-state index in [1.54, 1.807) is 41.9 Å². The third-order valence-electron chi connectivity index (χ3n) is 5.95. The summed E-state index contributed by atoms with van der Waals surface area (Å²) in [6.07, 6.45) is 3.30. The van der Waals surface area contributed by atoms with E-state index in [9.17, 15) is 14.0 Å². The normalized spacial score (nSPS) is 16.0. The van der Waals surface area contributed by atoms with Crippen molar-refractivity contribution in [2.24, 2.45) is 0 Å². The first-order valence-corrected chi connectivity index (χ1v) is 12.2. The number of hydrogen-bond acceptors (Lipinski definition) is 6. The number of hydrogen-bond donors (Lipinski definition) is 2. The minimum atomic E-state index is -0.676. The summed E-state index contributed by atoms with van der Waals surface area (Å²) in [5.74, 6) is -1.56. The lowest BCUT2D eigenvalue weighted by molar-refractivity contribution is -0.140. The molecule has 0 saturated carbocycles. The second-order valence-corrected chi connectivity index (χ2v) is 9.22. The molecule has 3 heterocycles. The van der Waals surface area contributed by atoms with E-state index >= 15 is 0 Å². The summed E-state index contributed by atoms with van der Waals surface area (Å²) in [4.78, 5) is 34.4. The molecule has 1 saturated heterocycles. The summed E-state index contributed by atoms with van der Waals surface area (Å²) < 4.78 is 14.2. The molecule has 178 valence electrons. The van der Waals surface area contributed by atoms with Crippen molar-refractivity contribution >= 4 is 28.8 Å². The van der Waals surface area contributed by atoms with Crippen LogP contribution in [-0.2, 0) is 16.1 Å². The van der Waals surface area contributed by atoms with Gasteiger partial charge in [0.25, 0.3) is 0 Å². The Morgan fingerprint density at radius 3 is 2.53 bits per heavy atom. The largest absolute Gasteiger partial charge is 0.367 e. The highest BCUT2D eigenvalue weighted by molar-refractivity contribution is 7.10. The van der Waals surface area contributed by atoms with Crippen LogP contribution >= 0.6 is 11.3 Å². The van der Waals surface area contributed by atoms with Gasteiger partial charge in [0.2, 0.25) is 0 Å². The van der Waals surface area contributed by atoms with Crippen molar-refractivity contribution in [3.8, 4) is 0 Å². The maximum atomic E-state index is 14.2. The van der Waals surface area contributed by atoms with Crippen LogP contribution in [0.25, 0.3) is 0 Å². The molecule has 2 aromatic heterocycles. The number of halogens is 1. The average Bonchev–Trinajstić information content (AvgIpc) is 3.38. The van der Waals surface area contributed by atoms with Gasteiger partial charge in [0.1, 0.15) is 5.82 Å². The van der Waals surface area contributed by atoms with Crippen LogP contribution in [0, 0.1) is 5.82 Å². The highest BCUT2D eigenvalue weighted by atomic mass is 32.1. The average molecular weight is 482 g/mol. The number of piperazine rings is 1. The van der Waals surface area contributed by atoms with Gasteiger partial charge < -0.3 is 15.5 Å². The van der Waals surface area contributed by atoms with Crippen LogP contribution in [0.5, 0.6) is 0 Å². The van der Waals surface area contributed by atoms with Crippen molar-refractivity contribution in [1.29, 1.82) is 0 Å². The molecule has 0 bridgehead atoms. The van der Waals surface area contributed by atoms with Gasteiger partial charge in [-0.15, -0.1) is 11.3 Å². The number of para-hydroxylation sites is 1. The minimum Gasteiger partial charge on any atom is -0.367 e. The SMILES string of the molecule is CC(NC(=O)C(=O)NCc1cccnc1)C(c1cccs1)N1CCN(c2ccccc2F)CC1. The number of aromatic nitrogens is 1. The fourth-order valence-corrected chi connectivity index (χ4v) is 5.23. The Labute approximate surface area is 202 Å². The monoisotopic (exact) mass is 481 g/mol. The number of anilines is 1. The predicted octanol–water partition coefficient (Wildman–Crippen LogP) is 2.97. The topological polar surface area (TPSA) is 77.6 Å². The first-order valence-electron chi connectivity index (χ1n) is 11.3. The summed E-state index contributed by atoms with van der Waals surface area (Å²) in [5.41, 5.74) is 1.43. The molecule has 2 N–H and O–H groups in total. The first-order chi connectivity index (χ1) is 16.5. The molecule has 1 aromatic carbocycles. The van der Waals surface area contributed by atoms with Crippen LogP contribution in [0.4, 0.5) is 10.1 Å². The minimum absolute atomic E-state index is 0.0853. The van der Waals surface area contributed by atoms with Crippen molar-refractivity contribution < 1.29 is 14.0 Å². The van der Waals surface area contributed by atoms with E-state index in [0.717, 1.165) is 10.4 Å². The van der Waals surface area contributed by atoms with Crippen molar-refractivity contribution in [2.75, 3.05) is 31.1 Å². The molecule has 2 unspecified atom stereocenters. The van der Waals surface area contributed by atoms with Crippen LogP contribution < -0.4 is 15.5 Å².